The molecule has 0 saturated carbocycles. The zero-order valence-corrected chi connectivity index (χ0v) is 18.2. The highest BCUT2D eigenvalue weighted by Crippen LogP contribution is 2.13. The van der Waals surface area contributed by atoms with E-state index >= 15 is 0 Å². The number of ether oxygens (including phenoxy) is 1. The highest BCUT2D eigenvalue weighted by molar-refractivity contribution is 7.07. The van der Waals surface area contributed by atoms with Crippen molar-refractivity contribution in [3.8, 4) is 0 Å². The molecule has 0 aliphatic heterocycles. The van der Waals surface area contributed by atoms with Gasteiger partial charge in [-0.05, 0) is 6.42 Å². The van der Waals surface area contributed by atoms with Crippen LogP contribution in [0, 0.1) is 0 Å². The lowest BCUT2D eigenvalue weighted by atomic mass is 10.0. The standard InChI is InChI=1S/C23H44NOS/c1-2-3-4-5-6-7-8-9-10-11-12-13-14-15-16-17-20-25-21-18-24-19-22-26-23-24/h19,22-23H,2-18,20-21H2,1H3/q+1. The fourth-order valence-corrected chi connectivity index (χ4v) is 4.04. The van der Waals surface area contributed by atoms with Crippen molar-refractivity contribution in [1.82, 2.24) is 0 Å². The smallest absolute Gasteiger partial charge is 0.224 e. The summed E-state index contributed by atoms with van der Waals surface area (Å²) in [6, 6.07) is 0. The Kier molecular flexibility index (Phi) is 17.6. The van der Waals surface area contributed by atoms with Crippen LogP contribution in [0.2, 0.25) is 0 Å². The molecule has 0 radical (unpaired) electrons. The third-order valence-electron chi connectivity index (χ3n) is 5.16. The van der Waals surface area contributed by atoms with Gasteiger partial charge in [0.25, 0.3) is 0 Å². The molecule has 0 aliphatic rings. The van der Waals surface area contributed by atoms with Crippen molar-refractivity contribution < 1.29 is 9.30 Å². The van der Waals surface area contributed by atoms with Gasteiger partial charge in [-0.15, -0.1) is 0 Å². The number of unbranched alkanes of at least 4 members (excludes halogenated alkanes) is 15. The fraction of sp³-hybridized carbons (Fsp3) is 0.870. The Labute approximate surface area is 167 Å². The van der Waals surface area contributed by atoms with E-state index in [1.54, 1.807) is 11.3 Å². The second kappa shape index (κ2) is 19.4. The first-order valence-corrected chi connectivity index (χ1v) is 12.4. The van der Waals surface area contributed by atoms with E-state index in [0.717, 1.165) is 19.8 Å². The molecule has 0 N–H and O–H groups in total. The number of aromatic nitrogens is 1. The molecule has 3 heteroatoms. The van der Waals surface area contributed by atoms with Crippen LogP contribution in [-0.4, -0.2) is 13.2 Å². The molecule has 1 aromatic rings. The molecule has 0 aromatic carbocycles. The summed E-state index contributed by atoms with van der Waals surface area (Å²) in [7, 11) is 0. The molecule has 0 bridgehead atoms. The summed E-state index contributed by atoms with van der Waals surface area (Å²) < 4.78 is 7.90. The van der Waals surface area contributed by atoms with Gasteiger partial charge in [0, 0.05) is 6.61 Å². The molecule has 0 amide bonds. The minimum atomic E-state index is 0.847. The van der Waals surface area contributed by atoms with Crippen LogP contribution in [0.15, 0.2) is 17.1 Å². The monoisotopic (exact) mass is 382 g/mol. The molecule has 2 nitrogen and oxygen atoms in total. The summed E-state index contributed by atoms with van der Waals surface area (Å²) in [6.07, 6.45) is 24.9. The van der Waals surface area contributed by atoms with Crippen molar-refractivity contribution in [3.05, 3.63) is 17.1 Å². The van der Waals surface area contributed by atoms with Crippen molar-refractivity contribution in [1.29, 1.82) is 0 Å². The molecule has 0 aliphatic carbocycles. The first-order chi connectivity index (χ1) is 12.9. The normalized spacial score (nSPS) is 11.3. The molecule has 0 unspecified atom stereocenters. The molecule has 0 atom stereocenters. The highest BCUT2D eigenvalue weighted by Gasteiger charge is 1.99. The van der Waals surface area contributed by atoms with Crippen molar-refractivity contribution in [2.24, 2.45) is 0 Å². The van der Waals surface area contributed by atoms with Crippen LogP contribution in [0.4, 0.5) is 0 Å². The zero-order chi connectivity index (χ0) is 18.5. The van der Waals surface area contributed by atoms with E-state index < -0.39 is 0 Å². The Morgan fingerprint density at radius 3 is 1.62 bits per heavy atom. The molecular formula is C23H44NOS+. The van der Waals surface area contributed by atoms with E-state index in [9.17, 15) is 0 Å². The van der Waals surface area contributed by atoms with Gasteiger partial charge < -0.3 is 4.74 Å². The largest absolute Gasteiger partial charge is 0.375 e. The third kappa shape index (κ3) is 15.8. The van der Waals surface area contributed by atoms with Crippen LogP contribution in [0.1, 0.15) is 110 Å². The lowest BCUT2D eigenvalue weighted by molar-refractivity contribution is -0.693. The SMILES string of the molecule is CCCCCCCCCCCCCCCCCCOCC[n+]1ccsc1. The number of hydrogen-bond acceptors (Lipinski definition) is 2. The van der Waals surface area contributed by atoms with Gasteiger partial charge in [-0.3, -0.25) is 0 Å². The summed E-state index contributed by atoms with van der Waals surface area (Å²) in [5.74, 6) is 0. The Morgan fingerprint density at radius 2 is 1.15 bits per heavy atom. The Balaban J connectivity index is 1.65. The van der Waals surface area contributed by atoms with Gasteiger partial charge in [-0.1, -0.05) is 115 Å². The van der Waals surface area contributed by atoms with Gasteiger partial charge in [-0.25, -0.2) is 0 Å². The van der Waals surface area contributed by atoms with E-state index in [0.29, 0.717) is 0 Å². The summed E-state index contributed by atoms with van der Waals surface area (Å²) in [5.41, 5.74) is 2.14. The average molecular weight is 383 g/mol. The van der Waals surface area contributed by atoms with Crippen molar-refractivity contribution >= 4 is 11.3 Å². The predicted octanol–water partition coefficient (Wildman–Crippen LogP) is 7.31. The molecule has 152 valence electrons. The van der Waals surface area contributed by atoms with Crippen LogP contribution in [-0.2, 0) is 11.3 Å². The van der Waals surface area contributed by atoms with Gasteiger partial charge in [-0.2, -0.15) is 4.57 Å². The second-order valence-electron chi connectivity index (χ2n) is 7.68. The van der Waals surface area contributed by atoms with E-state index in [1.165, 1.54) is 103 Å². The summed E-state index contributed by atoms with van der Waals surface area (Å²) in [6.45, 7) is 5.06. The maximum Gasteiger partial charge on any atom is 0.224 e. The lowest BCUT2D eigenvalue weighted by Gasteiger charge is -2.04. The predicted molar refractivity (Wildman–Crippen MR) is 115 cm³/mol. The molecular weight excluding hydrogens is 338 g/mol. The van der Waals surface area contributed by atoms with Gasteiger partial charge >= 0.3 is 0 Å². The van der Waals surface area contributed by atoms with E-state index in [4.69, 9.17) is 4.74 Å². The minimum absolute atomic E-state index is 0.847. The maximum absolute atomic E-state index is 5.71. The third-order valence-corrected chi connectivity index (χ3v) is 5.83. The molecule has 0 spiro atoms. The summed E-state index contributed by atoms with van der Waals surface area (Å²) in [4.78, 5) is 0. The van der Waals surface area contributed by atoms with E-state index in [1.807, 2.05) is 0 Å². The van der Waals surface area contributed by atoms with Crippen molar-refractivity contribution in [3.63, 3.8) is 0 Å². The first kappa shape index (κ1) is 23.6. The van der Waals surface area contributed by atoms with Crippen LogP contribution in [0.5, 0.6) is 0 Å². The van der Waals surface area contributed by atoms with Gasteiger partial charge in [0.1, 0.15) is 6.61 Å². The zero-order valence-electron chi connectivity index (χ0n) is 17.4. The van der Waals surface area contributed by atoms with Crippen LogP contribution in [0.3, 0.4) is 0 Å². The van der Waals surface area contributed by atoms with Crippen LogP contribution < -0.4 is 4.57 Å². The van der Waals surface area contributed by atoms with Gasteiger partial charge in [0.05, 0.1) is 5.38 Å². The lowest BCUT2D eigenvalue weighted by Crippen LogP contribution is -2.32. The number of rotatable bonds is 20. The van der Waals surface area contributed by atoms with E-state index in [2.05, 4.69) is 28.6 Å². The van der Waals surface area contributed by atoms with Crippen molar-refractivity contribution in [2.45, 2.75) is 116 Å². The Morgan fingerprint density at radius 1 is 0.654 bits per heavy atom. The molecule has 0 fully saturated rings. The van der Waals surface area contributed by atoms with Gasteiger partial charge in [0.15, 0.2) is 12.7 Å². The highest BCUT2D eigenvalue weighted by atomic mass is 32.1. The Hall–Kier alpha value is -0.410. The van der Waals surface area contributed by atoms with Gasteiger partial charge in [0.2, 0.25) is 5.51 Å². The maximum atomic E-state index is 5.71. The molecule has 26 heavy (non-hydrogen) atoms. The quantitative estimate of drug-likeness (QED) is 0.170. The topological polar surface area (TPSA) is 13.1 Å². The number of nitrogens with zero attached hydrogens (tertiary/aromatic N) is 1. The summed E-state index contributed by atoms with van der Waals surface area (Å²) >= 11 is 1.74. The Bertz CT molecular complexity index is 366. The number of thiazole rings is 1. The first-order valence-electron chi connectivity index (χ1n) is 11.4. The number of hydrogen-bond donors (Lipinski definition) is 0. The molecule has 0 saturated heterocycles. The second-order valence-corrected chi connectivity index (χ2v) is 8.44. The fourth-order valence-electron chi connectivity index (χ4n) is 3.41. The minimum Gasteiger partial charge on any atom is -0.375 e. The summed E-state index contributed by atoms with van der Waals surface area (Å²) in [5, 5.41) is 2.11. The average Bonchev–Trinajstić information content (AvgIpc) is 3.17. The van der Waals surface area contributed by atoms with Crippen LogP contribution >= 0.6 is 11.3 Å². The van der Waals surface area contributed by atoms with E-state index in [-0.39, 0.29) is 0 Å². The molecule has 1 heterocycles. The molecule has 1 aromatic heterocycles. The molecule has 1 rings (SSSR count). The van der Waals surface area contributed by atoms with Crippen LogP contribution in [0.25, 0.3) is 0 Å². The van der Waals surface area contributed by atoms with Crippen molar-refractivity contribution in [2.75, 3.05) is 13.2 Å².